The van der Waals surface area contributed by atoms with Crippen LogP contribution in [0.5, 0.6) is 0 Å². The number of pyridine rings is 2. The first-order chi connectivity index (χ1) is 23.7. The highest BCUT2D eigenvalue weighted by atomic mass is 14.8. The lowest BCUT2D eigenvalue weighted by Gasteiger charge is -2.22. The second-order valence-electron chi connectivity index (χ2n) is 14.4. The van der Waals surface area contributed by atoms with E-state index in [4.69, 9.17) is 9.97 Å². The number of hydrogen-bond acceptors (Lipinski definition) is 2. The Kier molecular flexibility index (Phi) is 6.45. The van der Waals surface area contributed by atoms with E-state index in [1.54, 1.807) is 0 Å². The summed E-state index contributed by atoms with van der Waals surface area (Å²) in [5, 5.41) is 4.84. The summed E-state index contributed by atoms with van der Waals surface area (Å²) in [4.78, 5) is 10.1. The Morgan fingerprint density at radius 1 is 0.469 bits per heavy atom. The van der Waals surface area contributed by atoms with Crippen molar-refractivity contribution in [3.8, 4) is 44.6 Å². The van der Waals surface area contributed by atoms with Crippen LogP contribution in [-0.4, -0.2) is 9.97 Å². The molecule has 0 amide bonds. The van der Waals surface area contributed by atoms with Gasteiger partial charge in [-0.2, -0.15) is 0 Å². The Morgan fingerprint density at radius 2 is 1.04 bits per heavy atom. The number of aromatic nitrogens is 2. The third-order valence-corrected chi connectivity index (χ3v) is 11.3. The molecule has 2 heterocycles. The van der Waals surface area contributed by atoms with Crippen LogP contribution in [0.15, 0.2) is 121 Å². The first-order valence-corrected chi connectivity index (χ1v) is 17.2. The van der Waals surface area contributed by atoms with Crippen LogP contribution in [0.3, 0.4) is 0 Å². The summed E-state index contributed by atoms with van der Waals surface area (Å²) in [6, 6.07) is 42.8. The summed E-state index contributed by atoms with van der Waals surface area (Å²) in [6.07, 6.45) is 1.97. The molecule has 0 aliphatic heterocycles. The largest absolute Gasteiger partial charge is 0.254 e. The van der Waals surface area contributed by atoms with Crippen LogP contribution in [0.25, 0.3) is 77.2 Å². The first-order valence-electron chi connectivity index (χ1n) is 17.2. The van der Waals surface area contributed by atoms with Crippen molar-refractivity contribution in [1.82, 2.24) is 9.97 Å². The molecule has 0 atom stereocenters. The maximum atomic E-state index is 5.26. The fourth-order valence-electron chi connectivity index (χ4n) is 8.06. The lowest BCUT2D eigenvalue weighted by Crippen LogP contribution is -2.14. The van der Waals surface area contributed by atoms with E-state index in [1.165, 1.54) is 88.3 Å². The van der Waals surface area contributed by atoms with E-state index in [2.05, 4.69) is 157 Å². The topological polar surface area (TPSA) is 25.8 Å². The van der Waals surface area contributed by atoms with Crippen molar-refractivity contribution in [1.29, 1.82) is 0 Å². The summed E-state index contributed by atoms with van der Waals surface area (Å²) >= 11 is 0. The molecule has 0 bridgehead atoms. The van der Waals surface area contributed by atoms with Crippen molar-refractivity contribution in [2.24, 2.45) is 0 Å². The van der Waals surface area contributed by atoms with Crippen LogP contribution in [0.4, 0.5) is 0 Å². The Morgan fingerprint density at radius 3 is 1.78 bits per heavy atom. The molecule has 2 nitrogen and oxygen atoms in total. The molecule has 8 aromatic rings. The van der Waals surface area contributed by atoms with Crippen molar-refractivity contribution in [3.05, 3.63) is 155 Å². The van der Waals surface area contributed by atoms with Gasteiger partial charge < -0.3 is 0 Å². The number of fused-ring (bicyclic) bond motifs is 7. The third kappa shape index (κ3) is 4.47. The van der Waals surface area contributed by atoms with Gasteiger partial charge in [0.25, 0.3) is 0 Å². The second-order valence-corrected chi connectivity index (χ2v) is 14.4. The van der Waals surface area contributed by atoms with Crippen LogP contribution in [0.1, 0.15) is 47.2 Å². The smallest absolute Gasteiger partial charge is 0.0975 e. The summed E-state index contributed by atoms with van der Waals surface area (Å²) in [7, 11) is 0. The molecule has 6 aromatic carbocycles. The first kappa shape index (κ1) is 29.5. The van der Waals surface area contributed by atoms with Crippen LogP contribution in [-0.2, 0) is 5.41 Å². The van der Waals surface area contributed by atoms with Gasteiger partial charge in [0.15, 0.2) is 0 Å². The molecule has 0 N–H and O–H groups in total. The molecule has 1 aliphatic carbocycles. The van der Waals surface area contributed by atoms with E-state index < -0.39 is 0 Å². The molecule has 49 heavy (non-hydrogen) atoms. The maximum Gasteiger partial charge on any atom is 0.0975 e. The van der Waals surface area contributed by atoms with Gasteiger partial charge in [-0.3, -0.25) is 4.98 Å². The van der Waals surface area contributed by atoms with Gasteiger partial charge in [0.05, 0.1) is 16.7 Å². The maximum absolute atomic E-state index is 5.26. The molecule has 0 unspecified atom stereocenters. The summed E-state index contributed by atoms with van der Waals surface area (Å²) in [5.74, 6) is 0. The fraction of sp³-hybridized carbons (Fsp3) is 0.149. The van der Waals surface area contributed by atoms with Gasteiger partial charge in [0.1, 0.15) is 0 Å². The van der Waals surface area contributed by atoms with Crippen molar-refractivity contribution < 1.29 is 0 Å². The SMILES string of the molecule is Cc1cnc2c(ccc3c(C)c(C)c(-c4ccc(-c5ccc6cc(-c7ccc8c(c7)C(C)(C)c7ccccc7-8)ccc6c5)cc4)nc32)c1C. The average Bonchev–Trinajstić information content (AvgIpc) is 3.36. The molecule has 0 saturated carbocycles. The zero-order chi connectivity index (χ0) is 33.6. The fourth-order valence-corrected chi connectivity index (χ4v) is 8.06. The zero-order valence-corrected chi connectivity index (χ0v) is 28.9. The van der Waals surface area contributed by atoms with E-state index in [9.17, 15) is 0 Å². The van der Waals surface area contributed by atoms with Gasteiger partial charge in [0, 0.05) is 27.9 Å². The molecule has 9 rings (SSSR count). The summed E-state index contributed by atoms with van der Waals surface area (Å²) in [6.45, 7) is 13.4. The third-order valence-electron chi connectivity index (χ3n) is 11.3. The Balaban J connectivity index is 1.04. The molecule has 0 saturated heterocycles. The molecular weight excluding hydrogens is 593 g/mol. The van der Waals surface area contributed by atoms with Gasteiger partial charge in [-0.1, -0.05) is 111 Å². The number of aryl methyl sites for hydroxylation is 3. The van der Waals surface area contributed by atoms with E-state index in [1.807, 2.05) is 6.20 Å². The quantitative estimate of drug-likeness (QED) is 0.182. The second kappa shape index (κ2) is 10.7. The predicted octanol–water partition coefficient (Wildman–Crippen LogP) is 12.5. The monoisotopic (exact) mass is 630 g/mol. The molecule has 2 heteroatoms. The van der Waals surface area contributed by atoms with Crippen LogP contribution < -0.4 is 0 Å². The van der Waals surface area contributed by atoms with Crippen LogP contribution in [0, 0.1) is 27.7 Å². The standard InChI is InChI=1S/C47H38N2/c1-27-26-48-45-38(28(27)2)21-22-39-29(3)30(4)44(49-46(39)45)32-13-11-31(12-14-32)33-15-16-35-24-36(18-17-34(35)23-33)37-19-20-41-40-9-7-8-10-42(40)47(5,6)43(41)25-37/h7-26H,1-6H3. The van der Waals surface area contributed by atoms with Crippen molar-refractivity contribution in [3.63, 3.8) is 0 Å². The number of benzene rings is 6. The molecule has 1 aliphatic rings. The van der Waals surface area contributed by atoms with Gasteiger partial charge in [-0.15, -0.1) is 0 Å². The highest BCUT2D eigenvalue weighted by Crippen LogP contribution is 2.49. The molecule has 0 fully saturated rings. The molecular formula is C47H38N2. The summed E-state index contributed by atoms with van der Waals surface area (Å²) in [5.41, 5.74) is 19.5. The number of rotatable bonds is 3. The lowest BCUT2D eigenvalue weighted by molar-refractivity contribution is 0.660. The van der Waals surface area contributed by atoms with Crippen molar-refractivity contribution >= 4 is 32.6 Å². The Hall–Kier alpha value is -5.60. The Labute approximate surface area is 288 Å². The van der Waals surface area contributed by atoms with Gasteiger partial charge in [-0.05, 0) is 123 Å². The molecule has 0 spiro atoms. The van der Waals surface area contributed by atoms with Crippen molar-refractivity contribution in [2.75, 3.05) is 0 Å². The van der Waals surface area contributed by atoms with Crippen molar-refractivity contribution in [2.45, 2.75) is 47.0 Å². The minimum absolute atomic E-state index is 0.00493. The van der Waals surface area contributed by atoms with Gasteiger partial charge in [-0.25, -0.2) is 4.98 Å². The molecule has 236 valence electrons. The number of nitrogens with zero attached hydrogens (tertiary/aromatic N) is 2. The highest BCUT2D eigenvalue weighted by Gasteiger charge is 2.35. The van der Waals surface area contributed by atoms with E-state index in [0.29, 0.717) is 0 Å². The zero-order valence-electron chi connectivity index (χ0n) is 28.9. The molecule has 0 radical (unpaired) electrons. The Bertz CT molecular complexity index is 2660. The van der Waals surface area contributed by atoms with Gasteiger partial charge >= 0.3 is 0 Å². The van der Waals surface area contributed by atoms with Crippen LogP contribution >= 0.6 is 0 Å². The van der Waals surface area contributed by atoms with Crippen LogP contribution in [0.2, 0.25) is 0 Å². The van der Waals surface area contributed by atoms with Gasteiger partial charge in [0.2, 0.25) is 0 Å². The number of hydrogen-bond donors (Lipinski definition) is 0. The highest BCUT2D eigenvalue weighted by molar-refractivity contribution is 6.06. The lowest BCUT2D eigenvalue weighted by atomic mass is 9.81. The van der Waals surface area contributed by atoms with E-state index >= 15 is 0 Å². The minimum atomic E-state index is -0.00493. The molecule has 2 aromatic heterocycles. The minimum Gasteiger partial charge on any atom is -0.254 e. The predicted molar refractivity (Wildman–Crippen MR) is 207 cm³/mol. The van der Waals surface area contributed by atoms with E-state index in [-0.39, 0.29) is 5.41 Å². The average molecular weight is 631 g/mol. The van der Waals surface area contributed by atoms with E-state index in [0.717, 1.165) is 22.3 Å². The summed E-state index contributed by atoms with van der Waals surface area (Å²) < 4.78 is 0. The normalized spacial score (nSPS) is 13.3.